The predicted molar refractivity (Wildman–Crippen MR) is 87.8 cm³/mol. The van der Waals surface area contributed by atoms with Crippen LogP contribution < -0.4 is 0 Å². The van der Waals surface area contributed by atoms with E-state index >= 15 is 0 Å². The molecule has 1 fully saturated rings. The summed E-state index contributed by atoms with van der Waals surface area (Å²) >= 11 is 11.8. The molecule has 1 N–H and O–H groups in total. The number of ether oxygens (including phenoxy) is 1. The molecule has 128 valence electrons. The summed E-state index contributed by atoms with van der Waals surface area (Å²) in [5.74, 6) is -0.123. The lowest BCUT2D eigenvalue weighted by atomic mass is 9.87. The van der Waals surface area contributed by atoms with Crippen molar-refractivity contribution >= 4 is 39.3 Å². The van der Waals surface area contributed by atoms with Crippen LogP contribution in [-0.4, -0.2) is 25.5 Å². The predicted octanol–water partition coefficient (Wildman–Crippen LogP) is 4.37. The first-order valence-electron chi connectivity index (χ1n) is 7.42. The van der Waals surface area contributed by atoms with Crippen molar-refractivity contribution in [3.63, 3.8) is 0 Å². The van der Waals surface area contributed by atoms with E-state index in [1.54, 1.807) is 0 Å². The Kier molecular flexibility index (Phi) is 6.31. The Bertz CT molecular complexity index is 658. The number of hydrogen-bond acceptors (Lipinski definition) is 4. The van der Waals surface area contributed by atoms with Crippen LogP contribution in [0.1, 0.15) is 48.9 Å². The molecule has 0 bridgehead atoms. The van der Waals surface area contributed by atoms with Crippen LogP contribution in [0, 0.1) is 5.92 Å². The Balaban J connectivity index is 2.01. The molecule has 8 heteroatoms. The number of carbonyl (C=O) groups excluding carboxylic acids is 1. The molecule has 0 unspecified atom stereocenters. The van der Waals surface area contributed by atoms with Crippen LogP contribution in [-0.2, 0) is 14.9 Å². The van der Waals surface area contributed by atoms with E-state index in [0.717, 1.165) is 31.4 Å². The monoisotopic (exact) mass is 380 g/mol. The molecule has 0 aliphatic heterocycles. The van der Waals surface area contributed by atoms with Crippen molar-refractivity contribution in [3.8, 4) is 0 Å². The summed E-state index contributed by atoms with van der Waals surface area (Å²) in [4.78, 5) is 11.6. The molecule has 1 aromatic rings. The van der Waals surface area contributed by atoms with Gasteiger partial charge in [0.2, 0.25) is 0 Å². The van der Waals surface area contributed by atoms with Crippen molar-refractivity contribution in [2.45, 2.75) is 43.4 Å². The highest BCUT2D eigenvalue weighted by molar-refractivity contribution is 7.85. The molecule has 0 spiro atoms. The van der Waals surface area contributed by atoms with E-state index in [4.69, 9.17) is 32.5 Å². The summed E-state index contributed by atoms with van der Waals surface area (Å²) in [6, 6.07) is 1.95. The van der Waals surface area contributed by atoms with Crippen LogP contribution in [0.4, 0.5) is 0 Å². The minimum absolute atomic E-state index is 0.0932. The second-order valence-corrected chi connectivity index (χ2v) is 7.90. The van der Waals surface area contributed by atoms with E-state index in [1.807, 2.05) is 0 Å². The molecule has 0 amide bonds. The van der Waals surface area contributed by atoms with Crippen LogP contribution in [0.25, 0.3) is 0 Å². The van der Waals surface area contributed by atoms with Gasteiger partial charge in [0.25, 0.3) is 10.1 Å². The highest BCUT2D eigenvalue weighted by Gasteiger charge is 2.22. The number of benzene rings is 1. The van der Waals surface area contributed by atoms with E-state index in [2.05, 4.69) is 0 Å². The first-order valence-corrected chi connectivity index (χ1v) is 9.62. The van der Waals surface area contributed by atoms with Gasteiger partial charge in [-0.25, -0.2) is 4.79 Å². The highest BCUT2D eigenvalue weighted by atomic mass is 35.5. The van der Waals surface area contributed by atoms with Gasteiger partial charge in [0.15, 0.2) is 0 Å². The zero-order valence-electron chi connectivity index (χ0n) is 12.4. The van der Waals surface area contributed by atoms with Crippen molar-refractivity contribution in [1.29, 1.82) is 0 Å². The maximum Gasteiger partial charge on any atom is 0.341 e. The molecule has 2 rings (SSSR count). The Morgan fingerprint density at radius 1 is 1.17 bits per heavy atom. The molecule has 0 radical (unpaired) electrons. The molecule has 0 atom stereocenters. The van der Waals surface area contributed by atoms with Crippen LogP contribution in [0.2, 0.25) is 10.0 Å². The van der Waals surface area contributed by atoms with E-state index in [1.165, 1.54) is 19.3 Å². The summed E-state index contributed by atoms with van der Waals surface area (Å²) in [7, 11) is -4.44. The largest absolute Gasteiger partial charge is 0.462 e. The van der Waals surface area contributed by atoms with Gasteiger partial charge in [0.05, 0.1) is 27.1 Å². The summed E-state index contributed by atoms with van der Waals surface area (Å²) in [5.41, 5.74) is -0.0932. The number of esters is 1. The smallest absolute Gasteiger partial charge is 0.341 e. The summed E-state index contributed by atoms with van der Waals surface area (Å²) < 4.78 is 36.4. The van der Waals surface area contributed by atoms with Crippen LogP contribution in [0.15, 0.2) is 17.0 Å². The zero-order valence-corrected chi connectivity index (χ0v) is 14.8. The lowest BCUT2D eigenvalue weighted by molar-refractivity contribution is 0.0475. The number of carbonyl (C=O) groups is 1. The first-order chi connectivity index (χ1) is 10.8. The third-order valence-corrected chi connectivity index (χ3v) is 5.43. The Labute approximate surface area is 145 Å². The van der Waals surface area contributed by atoms with Crippen molar-refractivity contribution in [3.05, 3.63) is 27.7 Å². The fraction of sp³-hybridized carbons (Fsp3) is 0.533. The Hall–Kier alpha value is -0.820. The molecule has 0 saturated heterocycles. The van der Waals surface area contributed by atoms with Gasteiger partial charge in [0, 0.05) is 0 Å². The molecular weight excluding hydrogens is 363 g/mol. The van der Waals surface area contributed by atoms with Crippen molar-refractivity contribution in [2.24, 2.45) is 5.92 Å². The fourth-order valence-corrected chi connectivity index (χ4v) is 4.06. The number of hydrogen-bond donors (Lipinski definition) is 1. The van der Waals surface area contributed by atoms with Crippen LogP contribution in [0.3, 0.4) is 0 Å². The molecule has 1 aromatic carbocycles. The van der Waals surface area contributed by atoms with Gasteiger partial charge < -0.3 is 4.74 Å². The van der Waals surface area contributed by atoms with E-state index in [-0.39, 0.29) is 22.2 Å². The Morgan fingerprint density at radius 3 is 2.26 bits per heavy atom. The first kappa shape index (κ1) is 18.5. The van der Waals surface area contributed by atoms with Crippen molar-refractivity contribution in [1.82, 2.24) is 0 Å². The normalized spacial score (nSPS) is 16.3. The van der Waals surface area contributed by atoms with Crippen molar-refractivity contribution < 1.29 is 22.5 Å². The van der Waals surface area contributed by atoms with Crippen LogP contribution >= 0.6 is 23.2 Å². The lowest BCUT2D eigenvalue weighted by Crippen LogP contribution is -2.13. The zero-order chi connectivity index (χ0) is 17.0. The molecule has 1 aliphatic carbocycles. The van der Waals surface area contributed by atoms with Gasteiger partial charge in [-0.3, -0.25) is 4.55 Å². The molecule has 1 saturated carbocycles. The summed E-state index contributed by atoms with van der Waals surface area (Å²) in [5, 5.41) is -0.347. The summed E-state index contributed by atoms with van der Waals surface area (Å²) in [6.07, 6.45) is 6.80. The number of rotatable bonds is 5. The average molecular weight is 381 g/mol. The molecule has 5 nitrogen and oxygen atoms in total. The SMILES string of the molecule is O=C(OCCC1CCCCC1)c1c(Cl)cc(S(=O)(=O)O)cc1Cl. The van der Waals surface area contributed by atoms with Crippen molar-refractivity contribution in [2.75, 3.05) is 6.61 Å². The second-order valence-electron chi connectivity index (χ2n) is 5.67. The maximum atomic E-state index is 12.1. The van der Waals surface area contributed by atoms with Crippen LogP contribution in [0.5, 0.6) is 0 Å². The molecule has 23 heavy (non-hydrogen) atoms. The highest BCUT2D eigenvalue weighted by Crippen LogP contribution is 2.30. The topological polar surface area (TPSA) is 80.7 Å². The molecular formula is C15H18Cl2O5S. The molecule has 0 aromatic heterocycles. The maximum absolute atomic E-state index is 12.1. The molecule has 0 heterocycles. The summed E-state index contributed by atoms with van der Waals surface area (Å²) in [6.45, 7) is 0.274. The van der Waals surface area contributed by atoms with Gasteiger partial charge in [0.1, 0.15) is 0 Å². The third-order valence-electron chi connectivity index (χ3n) is 4.00. The Morgan fingerprint density at radius 2 is 1.74 bits per heavy atom. The average Bonchev–Trinajstić information content (AvgIpc) is 2.46. The minimum atomic E-state index is -4.44. The van der Waals surface area contributed by atoms with Gasteiger partial charge in [-0.2, -0.15) is 8.42 Å². The standard InChI is InChI=1S/C15H18Cl2O5S/c16-12-8-11(23(19,20)21)9-13(17)14(12)15(18)22-7-6-10-4-2-1-3-5-10/h8-10H,1-7H2,(H,19,20,21). The van der Waals surface area contributed by atoms with Gasteiger partial charge in [-0.05, 0) is 24.5 Å². The van der Waals surface area contributed by atoms with Gasteiger partial charge >= 0.3 is 5.97 Å². The van der Waals surface area contributed by atoms with Gasteiger partial charge in [-0.15, -0.1) is 0 Å². The quantitative estimate of drug-likeness (QED) is 0.605. The third kappa shape index (κ3) is 5.08. The molecule has 1 aliphatic rings. The minimum Gasteiger partial charge on any atom is -0.462 e. The lowest BCUT2D eigenvalue weighted by Gasteiger charge is -2.21. The van der Waals surface area contributed by atoms with E-state index < -0.39 is 21.0 Å². The van der Waals surface area contributed by atoms with E-state index in [0.29, 0.717) is 5.92 Å². The van der Waals surface area contributed by atoms with Gasteiger partial charge in [-0.1, -0.05) is 55.3 Å². The second kappa shape index (κ2) is 7.83. The van der Waals surface area contributed by atoms with E-state index in [9.17, 15) is 13.2 Å². The number of halogens is 2. The fourth-order valence-electron chi connectivity index (χ4n) is 2.76.